The molecule has 1 aliphatic rings. The van der Waals surface area contributed by atoms with Crippen LogP contribution in [0.4, 0.5) is 10.5 Å². The van der Waals surface area contributed by atoms with Gasteiger partial charge in [0.1, 0.15) is 0 Å². The minimum Gasteiger partial charge on any atom is -0.450 e. The molecule has 23 heavy (non-hydrogen) atoms. The molecule has 0 spiro atoms. The number of hydrogen-bond acceptors (Lipinski definition) is 4. The molecule has 1 aliphatic heterocycles. The molecule has 0 bridgehead atoms. The number of rotatable bonds is 4. The summed E-state index contributed by atoms with van der Waals surface area (Å²) in [5.74, 6) is -0.0242. The van der Waals surface area contributed by atoms with Crippen molar-refractivity contribution in [1.82, 2.24) is 9.80 Å². The molecule has 0 aromatic heterocycles. The number of amides is 2. The van der Waals surface area contributed by atoms with Crippen LogP contribution < -0.4 is 5.32 Å². The standard InChI is InChI=1S/C17H25N3O3/c1-4-23-17(22)20-11-9-19(10-12-20)14(3)16(21)18-15-8-6-5-7-13(15)2/h5-8,14H,4,9-12H2,1-3H3,(H,18,21). The SMILES string of the molecule is CCOC(=O)N1CCN(C(C)C(=O)Nc2ccccc2C)CC1. The average molecular weight is 319 g/mol. The van der Waals surface area contributed by atoms with Gasteiger partial charge in [-0.25, -0.2) is 4.79 Å². The number of nitrogens with one attached hydrogen (secondary N) is 1. The Balaban J connectivity index is 1.87. The highest BCUT2D eigenvalue weighted by molar-refractivity contribution is 5.95. The van der Waals surface area contributed by atoms with Gasteiger partial charge in [-0.3, -0.25) is 9.69 Å². The number of nitrogens with zero attached hydrogens (tertiary/aromatic N) is 2. The fraction of sp³-hybridized carbons (Fsp3) is 0.529. The third kappa shape index (κ3) is 4.45. The van der Waals surface area contributed by atoms with Crippen molar-refractivity contribution >= 4 is 17.7 Å². The van der Waals surface area contributed by atoms with Crippen LogP contribution in [0.3, 0.4) is 0 Å². The molecule has 126 valence electrons. The first-order chi connectivity index (χ1) is 11.0. The molecule has 1 aromatic carbocycles. The molecule has 2 rings (SSSR count). The number of hydrogen-bond donors (Lipinski definition) is 1. The summed E-state index contributed by atoms with van der Waals surface area (Å²) in [5.41, 5.74) is 1.88. The topological polar surface area (TPSA) is 61.9 Å². The predicted octanol–water partition coefficient (Wildman–Crippen LogP) is 2.10. The Morgan fingerprint density at radius 2 is 1.87 bits per heavy atom. The summed E-state index contributed by atoms with van der Waals surface area (Å²) in [5, 5.41) is 2.98. The van der Waals surface area contributed by atoms with Crippen molar-refractivity contribution in [2.75, 3.05) is 38.1 Å². The van der Waals surface area contributed by atoms with Gasteiger partial charge in [0.2, 0.25) is 5.91 Å². The molecule has 0 saturated carbocycles. The number of aryl methyl sites for hydroxylation is 1. The van der Waals surface area contributed by atoms with Gasteiger partial charge in [0.05, 0.1) is 12.6 Å². The molecule has 1 saturated heterocycles. The van der Waals surface area contributed by atoms with E-state index in [1.807, 2.05) is 38.1 Å². The molecule has 6 nitrogen and oxygen atoms in total. The molecular weight excluding hydrogens is 294 g/mol. The molecule has 1 unspecified atom stereocenters. The van der Waals surface area contributed by atoms with Gasteiger partial charge in [-0.2, -0.15) is 0 Å². The van der Waals surface area contributed by atoms with Crippen molar-refractivity contribution in [3.05, 3.63) is 29.8 Å². The second-order valence-electron chi connectivity index (χ2n) is 5.70. The van der Waals surface area contributed by atoms with Crippen molar-refractivity contribution in [3.8, 4) is 0 Å². The quantitative estimate of drug-likeness (QED) is 0.923. The fourth-order valence-electron chi connectivity index (χ4n) is 2.62. The van der Waals surface area contributed by atoms with Crippen LogP contribution in [0.5, 0.6) is 0 Å². The maximum Gasteiger partial charge on any atom is 0.409 e. The van der Waals surface area contributed by atoms with Crippen molar-refractivity contribution in [2.24, 2.45) is 0 Å². The van der Waals surface area contributed by atoms with E-state index in [1.54, 1.807) is 11.8 Å². The Hall–Kier alpha value is -2.08. The minimum absolute atomic E-state index is 0.0242. The second-order valence-corrected chi connectivity index (χ2v) is 5.70. The number of anilines is 1. The van der Waals surface area contributed by atoms with E-state index in [4.69, 9.17) is 4.74 Å². The number of ether oxygens (including phenoxy) is 1. The van der Waals surface area contributed by atoms with Gasteiger partial charge in [-0.15, -0.1) is 0 Å². The molecule has 1 N–H and O–H groups in total. The molecule has 1 heterocycles. The highest BCUT2D eigenvalue weighted by Crippen LogP contribution is 2.15. The zero-order chi connectivity index (χ0) is 16.8. The first-order valence-electron chi connectivity index (χ1n) is 8.05. The predicted molar refractivity (Wildman–Crippen MR) is 89.4 cm³/mol. The lowest BCUT2D eigenvalue weighted by Gasteiger charge is -2.36. The molecule has 1 aromatic rings. The largest absolute Gasteiger partial charge is 0.450 e. The summed E-state index contributed by atoms with van der Waals surface area (Å²) >= 11 is 0. The first-order valence-corrected chi connectivity index (χ1v) is 8.05. The Bertz CT molecular complexity index is 554. The van der Waals surface area contributed by atoms with Crippen molar-refractivity contribution < 1.29 is 14.3 Å². The Kier molecular flexibility index (Phi) is 5.98. The Labute approximate surface area is 137 Å². The highest BCUT2D eigenvalue weighted by Gasteiger charge is 2.28. The maximum absolute atomic E-state index is 12.4. The third-order valence-electron chi connectivity index (χ3n) is 4.17. The molecule has 2 amide bonds. The van der Waals surface area contributed by atoms with E-state index >= 15 is 0 Å². The summed E-state index contributed by atoms with van der Waals surface area (Å²) in [6.45, 7) is 8.55. The molecule has 1 atom stereocenters. The van der Waals surface area contributed by atoms with Gasteiger partial charge >= 0.3 is 6.09 Å². The maximum atomic E-state index is 12.4. The van der Waals surface area contributed by atoms with Gasteiger partial charge in [-0.05, 0) is 32.4 Å². The van der Waals surface area contributed by atoms with E-state index in [1.165, 1.54) is 0 Å². The van der Waals surface area contributed by atoms with Crippen LogP contribution in [0.1, 0.15) is 19.4 Å². The van der Waals surface area contributed by atoms with Crippen LogP contribution in [0.25, 0.3) is 0 Å². The number of carbonyl (C=O) groups is 2. The van der Waals surface area contributed by atoms with Gasteiger partial charge in [0, 0.05) is 31.9 Å². The summed E-state index contributed by atoms with van der Waals surface area (Å²) in [6, 6.07) is 7.49. The number of carbonyl (C=O) groups excluding carboxylic acids is 2. The summed E-state index contributed by atoms with van der Waals surface area (Å²) < 4.78 is 5.01. The van der Waals surface area contributed by atoms with Crippen molar-refractivity contribution in [1.29, 1.82) is 0 Å². The highest BCUT2D eigenvalue weighted by atomic mass is 16.6. The van der Waals surface area contributed by atoms with Gasteiger partial charge < -0.3 is 15.0 Å². The van der Waals surface area contributed by atoms with Crippen molar-refractivity contribution in [2.45, 2.75) is 26.8 Å². The van der Waals surface area contributed by atoms with Crippen LogP contribution in [0.2, 0.25) is 0 Å². The summed E-state index contributed by atoms with van der Waals surface area (Å²) in [7, 11) is 0. The third-order valence-corrected chi connectivity index (χ3v) is 4.17. The average Bonchev–Trinajstić information content (AvgIpc) is 2.56. The zero-order valence-corrected chi connectivity index (χ0v) is 14.0. The van der Waals surface area contributed by atoms with E-state index in [0.717, 1.165) is 11.3 Å². The van der Waals surface area contributed by atoms with Crippen LogP contribution in [-0.4, -0.2) is 60.6 Å². The van der Waals surface area contributed by atoms with E-state index in [-0.39, 0.29) is 18.0 Å². The molecular formula is C17H25N3O3. The van der Waals surface area contributed by atoms with Crippen LogP contribution >= 0.6 is 0 Å². The lowest BCUT2D eigenvalue weighted by molar-refractivity contribution is -0.121. The first kappa shape index (κ1) is 17.3. The lowest BCUT2D eigenvalue weighted by Crippen LogP contribution is -2.54. The van der Waals surface area contributed by atoms with Crippen LogP contribution in [0, 0.1) is 6.92 Å². The minimum atomic E-state index is -0.274. The molecule has 1 fully saturated rings. The zero-order valence-electron chi connectivity index (χ0n) is 14.0. The van der Waals surface area contributed by atoms with Crippen LogP contribution in [0.15, 0.2) is 24.3 Å². The number of piperazine rings is 1. The Morgan fingerprint density at radius 1 is 1.22 bits per heavy atom. The lowest BCUT2D eigenvalue weighted by atomic mass is 10.1. The van der Waals surface area contributed by atoms with Gasteiger partial charge in [0.25, 0.3) is 0 Å². The monoisotopic (exact) mass is 319 g/mol. The summed E-state index contributed by atoms with van der Waals surface area (Å²) in [4.78, 5) is 27.9. The van der Waals surface area contributed by atoms with Crippen molar-refractivity contribution in [3.63, 3.8) is 0 Å². The second kappa shape index (κ2) is 7.97. The van der Waals surface area contributed by atoms with Crippen LogP contribution in [-0.2, 0) is 9.53 Å². The van der Waals surface area contributed by atoms with E-state index in [2.05, 4.69) is 10.2 Å². The van der Waals surface area contributed by atoms with Gasteiger partial charge in [0.15, 0.2) is 0 Å². The number of benzene rings is 1. The summed E-state index contributed by atoms with van der Waals surface area (Å²) in [6.07, 6.45) is -0.274. The molecule has 6 heteroatoms. The smallest absolute Gasteiger partial charge is 0.409 e. The molecule has 0 radical (unpaired) electrons. The fourth-order valence-corrected chi connectivity index (χ4v) is 2.62. The van der Waals surface area contributed by atoms with E-state index < -0.39 is 0 Å². The Morgan fingerprint density at radius 3 is 2.48 bits per heavy atom. The number of para-hydroxylation sites is 1. The molecule has 0 aliphatic carbocycles. The van der Waals surface area contributed by atoms with E-state index in [9.17, 15) is 9.59 Å². The van der Waals surface area contributed by atoms with E-state index in [0.29, 0.717) is 32.8 Å². The normalized spacial score (nSPS) is 16.7. The van der Waals surface area contributed by atoms with Gasteiger partial charge in [-0.1, -0.05) is 18.2 Å².